The zero-order valence-corrected chi connectivity index (χ0v) is 20.0. The smallest absolute Gasteiger partial charge is 0.0843 e. The predicted molar refractivity (Wildman–Crippen MR) is 131 cm³/mol. The Morgan fingerprint density at radius 3 is 1.27 bits per heavy atom. The standard InChI is InChI=1S/C22H12Cl4O2P2/c23-15-5-7-19(17(25)11-15)29(27)21-9-13-3-1-2-4-14(13)10-22(21)30(28)20-8-6-16(24)12-18(20)26/h1-12H/q+2. The van der Waals surface area contributed by atoms with E-state index < -0.39 is 15.6 Å². The Hall–Kier alpha value is -1.50. The Morgan fingerprint density at radius 2 is 0.900 bits per heavy atom. The Balaban J connectivity index is 1.94. The minimum Gasteiger partial charge on any atom is -0.0843 e. The van der Waals surface area contributed by atoms with Crippen molar-refractivity contribution in [3.63, 3.8) is 0 Å². The zero-order valence-electron chi connectivity index (χ0n) is 15.2. The van der Waals surface area contributed by atoms with Gasteiger partial charge in [0.05, 0.1) is 10.0 Å². The second-order valence-corrected chi connectivity index (χ2v) is 11.3. The van der Waals surface area contributed by atoms with Crippen molar-refractivity contribution in [3.8, 4) is 0 Å². The molecule has 0 saturated carbocycles. The summed E-state index contributed by atoms with van der Waals surface area (Å²) in [7, 11) is -4.26. The van der Waals surface area contributed by atoms with Crippen molar-refractivity contribution in [3.05, 3.63) is 92.9 Å². The van der Waals surface area contributed by atoms with Gasteiger partial charge in [0.15, 0.2) is 0 Å². The molecule has 0 spiro atoms. The summed E-state index contributed by atoms with van der Waals surface area (Å²) >= 11 is 24.6. The van der Waals surface area contributed by atoms with Gasteiger partial charge in [0.2, 0.25) is 21.2 Å². The lowest BCUT2D eigenvalue weighted by atomic mass is 10.1. The average molecular weight is 512 g/mol. The van der Waals surface area contributed by atoms with Gasteiger partial charge in [-0.25, -0.2) is 0 Å². The fourth-order valence-corrected chi connectivity index (χ4v) is 7.43. The first-order valence-corrected chi connectivity index (χ1v) is 12.8. The maximum atomic E-state index is 13.6. The summed E-state index contributed by atoms with van der Waals surface area (Å²) in [6.45, 7) is 0. The molecule has 4 aromatic carbocycles. The molecule has 4 aromatic rings. The summed E-state index contributed by atoms with van der Waals surface area (Å²) < 4.78 is 27.1. The van der Waals surface area contributed by atoms with Crippen molar-refractivity contribution in [2.45, 2.75) is 0 Å². The minimum atomic E-state index is -2.13. The lowest BCUT2D eigenvalue weighted by Gasteiger charge is -2.01. The maximum absolute atomic E-state index is 13.6. The van der Waals surface area contributed by atoms with E-state index in [1.807, 2.05) is 24.3 Å². The topological polar surface area (TPSA) is 34.1 Å². The number of halogens is 4. The summed E-state index contributed by atoms with van der Waals surface area (Å²) in [5, 5.41) is 5.00. The molecule has 0 radical (unpaired) electrons. The first-order valence-electron chi connectivity index (χ1n) is 8.72. The molecule has 0 aliphatic heterocycles. The summed E-state index contributed by atoms with van der Waals surface area (Å²) in [5.41, 5.74) is 0. The van der Waals surface area contributed by atoms with Gasteiger partial charge in [-0.05, 0) is 47.2 Å². The second kappa shape index (κ2) is 8.93. The van der Waals surface area contributed by atoms with Crippen molar-refractivity contribution < 1.29 is 9.13 Å². The van der Waals surface area contributed by atoms with Crippen LogP contribution in [0.15, 0.2) is 72.8 Å². The molecule has 0 N–H and O–H groups in total. The van der Waals surface area contributed by atoms with E-state index in [-0.39, 0.29) is 0 Å². The number of rotatable bonds is 4. The van der Waals surface area contributed by atoms with Crippen molar-refractivity contribution >= 4 is 94.0 Å². The highest BCUT2D eigenvalue weighted by molar-refractivity contribution is 7.68. The van der Waals surface area contributed by atoms with Crippen LogP contribution in [0.2, 0.25) is 20.1 Å². The first kappa shape index (κ1) is 21.7. The molecule has 2 unspecified atom stereocenters. The van der Waals surface area contributed by atoms with Gasteiger partial charge >= 0.3 is 15.6 Å². The van der Waals surface area contributed by atoms with Crippen LogP contribution in [0.1, 0.15) is 0 Å². The molecule has 0 aliphatic rings. The largest absolute Gasteiger partial charge is 0.421 e. The van der Waals surface area contributed by atoms with Crippen LogP contribution in [-0.2, 0) is 9.13 Å². The van der Waals surface area contributed by atoms with Crippen molar-refractivity contribution in [2.24, 2.45) is 0 Å². The molecule has 0 heterocycles. The number of fused-ring (bicyclic) bond motifs is 1. The minimum absolute atomic E-state index is 0.294. The lowest BCUT2D eigenvalue weighted by Crippen LogP contribution is -2.24. The molecule has 148 valence electrons. The van der Waals surface area contributed by atoms with E-state index in [9.17, 15) is 9.13 Å². The zero-order chi connectivity index (χ0) is 21.4. The molecule has 2 nitrogen and oxygen atoms in total. The van der Waals surface area contributed by atoms with Gasteiger partial charge in [0, 0.05) is 22.2 Å². The number of benzene rings is 4. The van der Waals surface area contributed by atoms with E-state index in [1.165, 1.54) is 0 Å². The first-order chi connectivity index (χ1) is 14.3. The average Bonchev–Trinajstić information content (AvgIpc) is 2.72. The third kappa shape index (κ3) is 4.27. The van der Waals surface area contributed by atoms with Crippen LogP contribution < -0.4 is 21.2 Å². The van der Waals surface area contributed by atoms with Crippen molar-refractivity contribution in [1.82, 2.24) is 0 Å². The Kier molecular flexibility index (Phi) is 6.47. The Bertz CT molecular complexity index is 1240. The SMILES string of the molecule is O=[P+](c1ccc(Cl)cc1Cl)c1cc2ccccc2cc1[P+](=O)c1ccc(Cl)cc1Cl. The number of hydrogen-bond acceptors (Lipinski definition) is 2. The third-order valence-electron chi connectivity index (χ3n) is 4.54. The summed E-state index contributed by atoms with van der Waals surface area (Å²) in [6, 6.07) is 20.8. The van der Waals surface area contributed by atoms with E-state index in [1.54, 1.807) is 48.5 Å². The molecular weight excluding hydrogens is 500 g/mol. The van der Waals surface area contributed by atoms with Crippen LogP contribution in [0.5, 0.6) is 0 Å². The highest BCUT2D eigenvalue weighted by atomic mass is 35.5. The molecule has 0 bridgehead atoms. The lowest BCUT2D eigenvalue weighted by molar-refractivity contribution is 0.596. The van der Waals surface area contributed by atoms with Gasteiger partial charge in [-0.3, -0.25) is 0 Å². The fraction of sp³-hybridized carbons (Fsp3) is 0. The molecule has 0 fully saturated rings. The monoisotopic (exact) mass is 510 g/mol. The van der Waals surface area contributed by atoms with Crippen LogP contribution in [-0.4, -0.2) is 0 Å². The van der Waals surface area contributed by atoms with Crippen LogP contribution >= 0.6 is 62.0 Å². The molecule has 0 amide bonds. The van der Waals surface area contributed by atoms with Gasteiger partial charge in [-0.1, -0.05) is 79.8 Å². The van der Waals surface area contributed by atoms with Gasteiger partial charge in [0.1, 0.15) is 0 Å². The maximum Gasteiger partial charge on any atom is 0.421 e. The van der Waals surface area contributed by atoms with Gasteiger partial charge in [-0.2, -0.15) is 0 Å². The second-order valence-electron chi connectivity index (χ2n) is 6.47. The normalized spacial score (nSPS) is 12.1. The summed E-state index contributed by atoms with van der Waals surface area (Å²) in [6.07, 6.45) is 0. The van der Waals surface area contributed by atoms with E-state index >= 15 is 0 Å². The van der Waals surface area contributed by atoms with Crippen molar-refractivity contribution in [2.75, 3.05) is 0 Å². The van der Waals surface area contributed by atoms with Crippen LogP contribution in [0.3, 0.4) is 0 Å². The van der Waals surface area contributed by atoms with Crippen molar-refractivity contribution in [1.29, 1.82) is 0 Å². The van der Waals surface area contributed by atoms with E-state index in [4.69, 9.17) is 46.4 Å². The molecule has 2 atom stereocenters. The fourth-order valence-electron chi connectivity index (χ4n) is 3.09. The quantitative estimate of drug-likeness (QED) is 0.276. The summed E-state index contributed by atoms with van der Waals surface area (Å²) in [4.78, 5) is 0. The number of hydrogen-bond donors (Lipinski definition) is 0. The molecule has 0 saturated heterocycles. The van der Waals surface area contributed by atoms with Gasteiger partial charge in [-0.15, -0.1) is 0 Å². The third-order valence-corrected chi connectivity index (χ3v) is 9.34. The van der Waals surface area contributed by atoms with Crippen LogP contribution in [0.4, 0.5) is 0 Å². The molecule has 8 heteroatoms. The molecule has 4 rings (SSSR count). The predicted octanol–water partition coefficient (Wildman–Crippen LogP) is 7.01. The highest BCUT2D eigenvalue weighted by Crippen LogP contribution is 2.33. The van der Waals surface area contributed by atoms with E-state index in [0.29, 0.717) is 41.3 Å². The molecular formula is C22H12Cl4O2P2+2. The van der Waals surface area contributed by atoms with E-state index in [0.717, 1.165) is 10.8 Å². The van der Waals surface area contributed by atoms with Gasteiger partial charge < -0.3 is 0 Å². The van der Waals surface area contributed by atoms with Gasteiger partial charge in [0.25, 0.3) is 0 Å². The van der Waals surface area contributed by atoms with E-state index in [2.05, 4.69) is 0 Å². The summed E-state index contributed by atoms with van der Waals surface area (Å²) in [5.74, 6) is 0. The molecule has 0 aromatic heterocycles. The van der Waals surface area contributed by atoms with Crippen LogP contribution in [0.25, 0.3) is 10.8 Å². The Labute approximate surface area is 195 Å². The Morgan fingerprint density at radius 1 is 0.500 bits per heavy atom. The van der Waals surface area contributed by atoms with Crippen LogP contribution in [0, 0.1) is 0 Å². The highest BCUT2D eigenvalue weighted by Gasteiger charge is 2.40. The molecule has 30 heavy (non-hydrogen) atoms. The molecule has 0 aliphatic carbocycles.